The van der Waals surface area contributed by atoms with Crippen LogP contribution in [-0.2, 0) is 4.79 Å². The molecule has 0 radical (unpaired) electrons. The first kappa shape index (κ1) is 17.5. The quantitative estimate of drug-likeness (QED) is 0.422. The van der Waals surface area contributed by atoms with Crippen LogP contribution in [0.25, 0.3) is 0 Å². The van der Waals surface area contributed by atoms with Crippen LogP contribution in [0.4, 0.5) is 11.4 Å². The molecule has 24 heavy (non-hydrogen) atoms. The maximum absolute atomic E-state index is 11.7. The van der Waals surface area contributed by atoms with Crippen molar-refractivity contribution in [1.82, 2.24) is 0 Å². The second-order valence-corrected chi connectivity index (χ2v) is 5.71. The minimum Gasteiger partial charge on any atom is -0.507 e. The maximum Gasteiger partial charge on any atom is 0.224 e. The predicted octanol–water partition coefficient (Wildman–Crippen LogP) is 4.28. The summed E-state index contributed by atoms with van der Waals surface area (Å²) in [6, 6.07) is 12.8. The number of anilines is 2. The zero-order chi connectivity index (χ0) is 17.5. The number of carbonyl (C=O) groups is 1. The van der Waals surface area contributed by atoms with Crippen LogP contribution in [0.5, 0.6) is 5.75 Å². The highest BCUT2D eigenvalue weighted by atomic mass is 16.3. The highest BCUT2D eigenvalue weighted by Gasteiger charge is 2.08. The van der Waals surface area contributed by atoms with Crippen LogP contribution < -0.4 is 10.7 Å². The van der Waals surface area contributed by atoms with E-state index < -0.39 is 0 Å². The number of rotatable bonds is 6. The number of nitrogens with one attached hydrogen (secondary N) is 2. The van der Waals surface area contributed by atoms with Crippen molar-refractivity contribution in [2.45, 2.75) is 33.6 Å². The average molecular weight is 325 g/mol. The van der Waals surface area contributed by atoms with Gasteiger partial charge in [0.2, 0.25) is 5.91 Å². The first-order valence-electron chi connectivity index (χ1n) is 8.00. The van der Waals surface area contributed by atoms with Gasteiger partial charge in [-0.15, -0.1) is 0 Å². The molecule has 0 saturated heterocycles. The van der Waals surface area contributed by atoms with Crippen molar-refractivity contribution < 1.29 is 9.90 Å². The summed E-state index contributed by atoms with van der Waals surface area (Å²) in [4.78, 5) is 11.7. The van der Waals surface area contributed by atoms with Gasteiger partial charge < -0.3 is 10.4 Å². The molecule has 5 heteroatoms. The number of phenolic OH excluding ortho intramolecular Hbond substituents is 1. The third-order valence-corrected chi connectivity index (χ3v) is 3.55. The van der Waals surface area contributed by atoms with Gasteiger partial charge in [-0.1, -0.05) is 24.6 Å². The van der Waals surface area contributed by atoms with E-state index in [2.05, 4.69) is 15.8 Å². The molecule has 0 fully saturated rings. The first-order chi connectivity index (χ1) is 11.5. The van der Waals surface area contributed by atoms with Gasteiger partial charge in [0.25, 0.3) is 0 Å². The molecule has 0 atom stereocenters. The van der Waals surface area contributed by atoms with Crippen LogP contribution in [0, 0.1) is 6.92 Å². The maximum atomic E-state index is 11.7. The van der Waals surface area contributed by atoms with Crippen LogP contribution in [0.15, 0.2) is 47.6 Å². The zero-order valence-corrected chi connectivity index (χ0v) is 14.3. The largest absolute Gasteiger partial charge is 0.507 e. The lowest BCUT2D eigenvalue weighted by molar-refractivity contribution is -0.116. The molecule has 0 saturated carbocycles. The van der Waals surface area contributed by atoms with Gasteiger partial charge in [-0.3, -0.25) is 10.2 Å². The third-order valence-electron chi connectivity index (χ3n) is 3.55. The lowest BCUT2D eigenvalue weighted by atomic mass is 10.1. The number of aryl methyl sites for hydroxylation is 1. The number of hydrogen-bond donors (Lipinski definition) is 3. The highest BCUT2D eigenvalue weighted by Crippen LogP contribution is 2.23. The SMILES string of the molecule is CCCC(=O)Nc1ccc(O)c(/C(C)=N/Nc2ccc(C)cc2)c1. The molecule has 0 unspecified atom stereocenters. The number of carbonyl (C=O) groups excluding carboxylic acids is 1. The Bertz CT molecular complexity index is 737. The van der Waals surface area contributed by atoms with Crippen LogP contribution in [0.1, 0.15) is 37.8 Å². The van der Waals surface area contributed by atoms with E-state index in [0.717, 1.165) is 12.1 Å². The molecule has 2 aromatic carbocycles. The number of hydrazone groups is 1. The fourth-order valence-electron chi connectivity index (χ4n) is 2.19. The Hall–Kier alpha value is -2.82. The first-order valence-corrected chi connectivity index (χ1v) is 8.00. The fourth-order valence-corrected chi connectivity index (χ4v) is 2.19. The molecule has 0 heterocycles. The van der Waals surface area contributed by atoms with E-state index in [1.54, 1.807) is 25.1 Å². The second kappa shape index (κ2) is 8.15. The number of phenols is 1. The summed E-state index contributed by atoms with van der Waals surface area (Å²) in [7, 11) is 0. The van der Waals surface area contributed by atoms with Gasteiger partial charge in [-0.05, 0) is 50.6 Å². The highest BCUT2D eigenvalue weighted by molar-refractivity contribution is 6.03. The van der Waals surface area contributed by atoms with E-state index in [1.165, 1.54) is 5.56 Å². The minimum absolute atomic E-state index is 0.0403. The molecule has 2 rings (SSSR count). The normalized spacial score (nSPS) is 11.2. The van der Waals surface area contributed by atoms with Crippen molar-refractivity contribution in [3.05, 3.63) is 53.6 Å². The topological polar surface area (TPSA) is 73.7 Å². The van der Waals surface area contributed by atoms with Crippen LogP contribution in [0.3, 0.4) is 0 Å². The molecule has 126 valence electrons. The summed E-state index contributed by atoms with van der Waals surface area (Å²) in [5.41, 5.74) is 6.85. The van der Waals surface area contributed by atoms with E-state index in [1.807, 2.05) is 38.1 Å². The molecule has 2 aromatic rings. The van der Waals surface area contributed by atoms with Gasteiger partial charge in [0.05, 0.1) is 11.4 Å². The number of benzene rings is 2. The van der Waals surface area contributed by atoms with Gasteiger partial charge in [-0.25, -0.2) is 0 Å². The molecule has 3 N–H and O–H groups in total. The van der Waals surface area contributed by atoms with Crippen LogP contribution in [-0.4, -0.2) is 16.7 Å². The van der Waals surface area contributed by atoms with Gasteiger partial charge in [0.15, 0.2) is 0 Å². The number of aromatic hydroxyl groups is 1. The summed E-state index contributed by atoms with van der Waals surface area (Å²) in [6.45, 7) is 5.78. The molecule has 0 spiro atoms. The van der Waals surface area contributed by atoms with Gasteiger partial charge in [-0.2, -0.15) is 5.10 Å². The number of nitrogens with zero attached hydrogens (tertiary/aromatic N) is 1. The fraction of sp³-hybridized carbons (Fsp3) is 0.263. The lowest BCUT2D eigenvalue weighted by Crippen LogP contribution is -2.11. The summed E-state index contributed by atoms with van der Waals surface area (Å²) in [6.07, 6.45) is 1.26. The molecule has 1 amide bonds. The number of amides is 1. The van der Waals surface area contributed by atoms with Crippen molar-refractivity contribution in [1.29, 1.82) is 0 Å². The molecular weight excluding hydrogens is 302 g/mol. The minimum atomic E-state index is -0.0403. The Labute approximate surface area is 142 Å². The van der Waals surface area contributed by atoms with Crippen molar-refractivity contribution in [2.75, 3.05) is 10.7 Å². The van der Waals surface area contributed by atoms with E-state index in [0.29, 0.717) is 23.4 Å². The molecule has 0 bridgehead atoms. The number of hydrogen-bond acceptors (Lipinski definition) is 4. The van der Waals surface area contributed by atoms with E-state index in [-0.39, 0.29) is 11.7 Å². The van der Waals surface area contributed by atoms with E-state index in [9.17, 15) is 9.90 Å². The van der Waals surface area contributed by atoms with Crippen molar-refractivity contribution in [3.8, 4) is 5.75 Å². The summed E-state index contributed by atoms with van der Waals surface area (Å²) in [5.74, 6) is 0.0805. The molecular formula is C19H23N3O2. The monoisotopic (exact) mass is 325 g/mol. The molecule has 0 aliphatic heterocycles. The van der Waals surface area contributed by atoms with Crippen molar-refractivity contribution in [3.63, 3.8) is 0 Å². The van der Waals surface area contributed by atoms with Crippen LogP contribution >= 0.6 is 0 Å². The van der Waals surface area contributed by atoms with Crippen LogP contribution in [0.2, 0.25) is 0 Å². The Kier molecular flexibility index (Phi) is 5.95. The molecule has 0 aliphatic rings. The Morgan fingerprint density at radius 3 is 2.46 bits per heavy atom. The van der Waals surface area contributed by atoms with Gasteiger partial charge in [0, 0.05) is 17.7 Å². The average Bonchev–Trinajstić information content (AvgIpc) is 2.56. The summed E-state index contributed by atoms with van der Waals surface area (Å²) >= 11 is 0. The smallest absolute Gasteiger partial charge is 0.224 e. The van der Waals surface area contributed by atoms with E-state index in [4.69, 9.17) is 0 Å². The third kappa shape index (κ3) is 4.84. The Balaban J connectivity index is 2.15. The lowest BCUT2D eigenvalue weighted by Gasteiger charge is -2.09. The predicted molar refractivity (Wildman–Crippen MR) is 98.7 cm³/mol. The van der Waals surface area contributed by atoms with E-state index >= 15 is 0 Å². The van der Waals surface area contributed by atoms with Crippen molar-refractivity contribution in [2.24, 2.45) is 5.10 Å². The second-order valence-electron chi connectivity index (χ2n) is 5.71. The summed E-state index contributed by atoms with van der Waals surface area (Å²) in [5, 5.41) is 17.2. The summed E-state index contributed by atoms with van der Waals surface area (Å²) < 4.78 is 0. The van der Waals surface area contributed by atoms with Gasteiger partial charge in [0.1, 0.15) is 5.75 Å². The molecule has 0 aromatic heterocycles. The van der Waals surface area contributed by atoms with Crippen molar-refractivity contribution >= 4 is 23.0 Å². The van der Waals surface area contributed by atoms with Gasteiger partial charge >= 0.3 is 0 Å². The molecule has 5 nitrogen and oxygen atoms in total. The Morgan fingerprint density at radius 2 is 1.79 bits per heavy atom. The Morgan fingerprint density at radius 1 is 1.12 bits per heavy atom. The zero-order valence-electron chi connectivity index (χ0n) is 14.3. The standard InChI is InChI=1S/C19H23N3O2/c1-4-5-19(24)20-16-10-11-18(23)17(12-16)14(3)21-22-15-8-6-13(2)7-9-15/h6-12,22-23H,4-5H2,1-3H3,(H,20,24)/b21-14+. The molecule has 0 aliphatic carbocycles.